The number of imidazole rings is 1. The molecule has 0 radical (unpaired) electrons. The van der Waals surface area contributed by atoms with Crippen molar-refractivity contribution in [3.63, 3.8) is 0 Å². The average Bonchev–Trinajstić information content (AvgIpc) is 3.26. The van der Waals surface area contributed by atoms with Crippen molar-refractivity contribution in [3.05, 3.63) is 18.2 Å². The number of primary amides is 1. The molecule has 4 amide bonds. The van der Waals surface area contributed by atoms with E-state index in [2.05, 4.69) is 25.9 Å². The third-order valence-electron chi connectivity index (χ3n) is 4.69. The number of carboxylic acid groups (broad SMARTS) is 2. The monoisotopic (exact) mass is 499 g/mol. The van der Waals surface area contributed by atoms with E-state index in [-0.39, 0.29) is 6.42 Å². The summed E-state index contributed by atoms with van der Waals surface area (Å²) < 4.78 is 0. The molecule has 0 fully saturated rings. The summed E-state index contributed by atoms with van der Waals surface area (Å²) in [5, 5.41) is 34.9. The zero-order valence-electron chi connectivity index (χ0n) is 18.8. The summed E-state index contributed by atoms with van der Waals surface area (Å²) in [5.41, 5.74) is 10.9. The van der Waals surface area contributed by atoms with Crippen molar-refractivity contribution in [1.82, 2.24) is 25.9 Å². The zero-order chi connectivity index (χ0) is 26.7. The normalized spacial score (nSPS) is 15.1. The summed E-state index contributed by atoms with van der Waals surface area (Å²) in [5.74, 6) is -6.63. The minimum Gasteiger partial charge on any atom is -0.481 e. The van der Waals surface area contributed by atoms with Gasteiger partial charge in [0.1, 0.15) is 18.1 Å². The average molecular weight is 499 g/mol. The largest absolute Gasteiger partial charge is 0.481 e. The predicted octanol–water partition coefficient (Wildman–Crippen LogP) is -4.06. The number of carboxylic acids is 2. The third-order valence-corrected chi connectivity index (χ3v) is 4.69. The Morgan fingerprint density at radius 3 is 2.14 bits per heavy atom. The zero-order valence-corrected chi connectivity index (χ0v) is 18.8. The number of aliphatic carboxylic acids is 2. The smallest absolute Gasteiger partial charge is 0.326 e. The second-order valence-electron chi connectivity index (χ2n) is 7.68. The molecule has 1 rings (SSSR count). The highest BCUT2D eigenvalue weighted by atomic mass is 16.4. The van der Waals surface area contributed by atoms with E-state index in [1.165, 1.54) is 12.5 Å². The molecular weight excluding hydrogens is 470 g/mol. The van der Waals surface area contributed by atoms with Gasteiger partial charge in [-0.1, -0.05) is 0 Å². The number of carbonyl (C=O) groups excluding carboxylic acids is 4. The lowest BCUT2D eigenvalue weighted by molar-refractivity contribution is -0.143. The van der Waals surface area contributed by atoms with E-state index in [0.29, 0.717) is 5.69 Å². The van der Waals surface area contributed by atoms with Crippen molar-refractivity contribution in [2.45, 2.75) is 62.9 Å². The van der Waals surface area contributed by atoms with Gasteiger partial charge in [0.15, 0.2) is 0 Å². The molecule has 5 unspecified atom stereocenters. The van der Waals surface area contributed by atoms with Crippen LogP contribution < -0.4 is 27.4 Å². The van der Waals surface area contributed by atoms with Gasteiger partial charge in [-0.3, -0.25) is 24.0 Å². The van der Waals surface area contributed by atoms with Crippen molar-refractivity contribution in [2.24, 2.45) is 11.5 Å². The Bertz CT molecular complexity index is 920. The maximum atomic E-state index is 12.8. The topological polar surface area (TPSA) is 280 Å². The number of nitrogens with one attached hydrogen (secondary N) is 4. The number of H-pyrrole nitrogens is 1. The van der Waals surface area contributed by atoms with Crippen LogP contribution in [-0.2, 0) is 35.2 Å². The summed E-state index contributed by atoms with van der Waals surface area (Å²) in [6.07, 6.45) is -0.512. The highest BCUT2D eigenvalue weighted by Crippen LogP contribution is 2.05. The molecule has 16 heteroatoms. The van der Waals surface area contributed by atoms with Gasteiger partial charge in [-0.15, -0.1) is 0 Å². The Morgan fingerprint density at radius 1 is 1.03 bits per heavy atom. The van der Waals surface area contributed by atoms with Gasteiger partial charge in [-0.2, -0.15) is 0 Å². The van der Waals surface area contributed by atoms with Crippen LogP contribution in [0.3, 0.4) is 0 Å². The first-order chi connectivity index (χ1) is 16.3. The maximum absolute atomic E-state index is 12.8. The molecule has 1 aromatic heterocycles. The minimum atomic E-state index is -1.66. The molecule has 0 aliphatic rings. The van der Waals surface area contributed by atoms with E-state index in [4.69, 9.17) is 16.6 Å². The molecule has 0 aromatic carbocycles. The second-order valence-corrected chi connectivity index (χ2v) is 7.68. The van der Waals surface area contributed by atoms with Crippen LogP contribution in [0.25, 0.3) is 0 Å². The second kappa shape index (κ2) is 13.6. The molecule has 0 saturated carbocycles. The lowest BCUT2D eigenvalue weighted by atomic mass is 10.1. The molecule has 1 heterocycles. The summed E-state index contributed by atoms with van der Waals surface area (Å²) in [6, 6.07) is -6.01. The molecule has 0 aliphatic carbocycles. The van der Waals surface area contributed by atoms with Gasteiger partial charge in [-0.05, 0) is 13.3 Å². The van der Waals surface area contributed by atoms with E-state index in [1.54, 1.807) is 0 Å². The summed E-state index contributed by atoms with van der Waals surface area (Å²) in [7, 11) is 0. The Labute approximate surface area is 198 Å². The van der Waals surface area contributed by atoms with Crippen molar-refractivity contribution in [2.75, 3.05) is 0 Å². The predicted molar refractivity (Wildman–Crippen MR) is 116 cm³/mol. The van der Waals surface area contributed by atoms with Crippen LogP contribution in [0.15, 0.2) is 12.5 Å². The number of aliphatic hydroxyl groups excluding tert-OH is 1. The lowest BCUT2D eigenvalue weighted by Gasteiger charge is -2.26. The van der Waals surface area contributed by atoms with Gasteiger partial charge in [-0.25, -0.2) is 9.78 Å². The van der Waals surface area contributed by atoms with E-state index in [0.717, 1.165) is 6.92 Å². The van der Waals surface area contributed by atoms with E-state index in [9.17, 15) is 39.0 Å². The van der Waals surface area contributed by atoms with E-state index < -0.39 is 85.1 Å². The van der Waals surface area contributed by atoms with Crippen LogP contribution in [-0.4, -0.2) is 91.1 Å². The number of hydrogen-bond donors (Lipinski definition) is 9. The highest BCUT2D eigenvalue weighted by molar-refractivity contribution is 5.95. The molecule has 11 N–H and O–H groups in total. The molecule has 5 atom stereocenters. The van der Waals surface area contributed by atoms with Crippen LogP contribution >= 0.6 is 0 Å². The molecule has 0 spiro atoms. The van der Waals surface area contributed by atoms with Crippen molar-refractivity contribution in [3.8, 4) is 0 Å². The van der Waals surface area contributed by atoms with Crippen LogP contribution in [0.4, 0.5) is 0 Å². The number of aromatic amines is 1. The van der Waals surface area contributed by atoms with E-state index in [1.807, 2.05) is 0 Å². The molecule has 1 aromatic rings. The van der Waals surface area contributed by atoms with Crippen LogP contribution in [0, 0.1) is 0 Å². The van der Waals surface area contributed by atoms with Gasteiger partial charge in [0.25, 0.3) is 0 Å². The van der Waals surface area contributed by atoms with E-state index >= 15 is 0 Å². The minimum absolute atomic E-state index is 0.170. The summed E-state index contributed by atoms with van der Waals surface area (Å²) in [4.78, 5) is 77.5. The number of rotatable bonds is 15. The number of aromatic nitrogens is 2. The standard InChI is InChI=1S/C19H29N7O9/c1-8(27)15(18(33)25-12(19(34)35)4-9-6-22-7-23-9)26-17(32)11(2-3-14(29)30)24-16(31)10(20)5-13(21)28/h6-8,10-12,15,27H,2-5,20H2,1H3,(H2,21,28)(H,22,23)(H,24,31)(H,25,33)(H,26,32)(H,29,30)(H,34,35). The lowest BCUT2D eigenvalue weighted by Crippen LogP contribution is -2.60. The Morgan fingerprint density at radius 2 is 1.66 bits per heavy atom. The van der Waals surface area contributed by atoms with Crippen LogP contribution in [0.5, 0.6) is 0 Å². The number of carbonyl (C=O) groups is 6. The third kappa shape index (κ3) is 10.2. The maximum Gasteiger partial charge on any atom is 0.326 e. The van der Waals surface area contributed by atoms with Crippen LogP contribution in [0.1, 0.15) is 31.9 Å². The van der Waals surface area contributed by atoms with Crippen molar-refractivity contribution < 1.29 is 44.1 Å². The summed E-state index contributed by atoms with van der Waals surface area (Å²) >= 11 is 0. The number of amides is 4. The van der Waals surface area contributed by atoms with Gasteiger partial charge in [0, 0.05) is 24.7 Å². The molecule has 16 nitrogen and oxygen atoms in total. The Kier molecular flexibility index (Phi) is 11.3. The molecule has 0 bridgehead atoms. The van der Waals surface area contributed by atoms with Crippen LogP contribution in [0.2, 0.25) is 0 Å². The van der Waals surface area contributed by atoms with Crippen molar-refractivity contribution in [1.29, 1.82) is 0 Å². The van der Waals surface area contributed by atoms with Gasteiger partial charge >= 0.3 is 11.9 Å². The van der Waals surface area contributed by atoms with Gasteiger partial charge < -0.3 is 47.7 Å². The number of nitrogens with two attached hydrogens (primary N) is 2. The quantitative estimate of drug-likeness (QED) is 0.112. The first-order valence-electron chi connectivity index (χ1n) is 10.4. The molecular formula is C19H29N7O9. The first-order valence-corrected chi connectivity index (χ1v) is 10.4. The molecule has 194 valence electrons. The highest BCUT2D eigenvalue weighted by Gasteiger charge is 2.33. The fourth-order valence-corrected chi connectivity index (χ4v) is 2.86. The fourth-order valence-electron chi connectivity index (χ4n) is 2.86. The first kappa shape index (κ1) is 29.0. The van der Waals surface area contributed by atoms with Crippen molar-refractivity contribution >= 4 is 35.6 Å². The Hall–Kier alpha value is -4.05. The molecule has 35 heavy (non-hydrogen) atoms. The number of aliphatic hydroxyl groups is 1. The summed E-state index contributed by atoms with van der Waals surface area (Å²) in [6.45, 7) is 1.16. The molecule has 0 aliphatic heterocycles. The van der Waals surface area contributed by atoms with Gasteiger partial charge in [0.2, 0.25) is 23.6 Å². The SMILES string of the molecule is CC(O)C(NC(=O)C(CCC(=O)O)NC(=O)C(N)CC(N)=O)C(=O)NC(Cc1cnc[nH]1)C(=O)O. The number of hydrogen-bond acceptors (Lipinski definition) is 9. The Balaban J connectivity index is 2.96. The fraction of sp³-hybridized carbons (Fsp3) is 0.526. The number of nitrogens with zero attached hydrogens (tertiary/aromatic N) is 1. The van der Waals surface area contributed by atoms with Gasteiger partial charge in [0.05, 0.1) is 24.9 Å². The molecule has 0 saturated heterocycles.